The molecule has 0 radical (unpaired) electrons. The Balaban J connectivity index is 1.67. The monoisotopic (exact) mass is 381 g/mol. The first-order valence-corrected chi connectivity index (χ1v) is 10.7. The molecule has 7 heteroatoms. The molecule has 156 valence electrons. The van der Waals surface area contributed by atoms with E-state index in [2.05, 4.69) is 39.7 Å². The van der Waals surface area contributed by atoms with Gasteiger partial charge in [-0.25, -0.2) is 0 Å². The number of carbonyl (C=O) groups excluding carboxylic acids is 1. The SMILES string of the molecule is CN=C(NCCC(=O)NC1CCCCC1)NCC(C(C)C)N1CCOCC1. The molecule has 1 atom stereocenters. The average molecular weight is 382 g/mol. The summed E-state index contributed by atoms with van der Waals surface area (Å²) in [4.78, 5) is 18.9. The molecule has 1 saturated carbocycles. The molecule has 3 N–H and O–H groups in total. The van der Waals surface area contributed by atoms with Crippen molar-refractivity contribution in [2.75, 3.05) is 46.4 Å². The van der Waals surface area contributed by atoms with Crippen LogP contribution in [-0.4, -0.2) is 75.3 Å². The lowest BCUT2D eigenvalue weighted by molar-refractivity contribution is -0.121. The van der Waals surface area contributed by atoms with Crippen molar-refractivity contribution >= 4 is 11.9 Å². The molecule has 1 amide bonds. The molecule has 1 saturated heterocycles. The lowest BCUT2D eigenvalue weighted by Crippen LogP contribution is -2.52. The number of amides is 1. The van der Waals surface area contributed by atoms with Gasteiger partial charge >= 0.3 is 0 Å². The maximum atomic E-state index is 12.1. The number of aliphatic imine (C=N–C) groups is 1. The van der Waals surface area contributed by atoms with Gasteiger partial charge in [-0.05, 0) is 18.8 Å². The Bertz CT molecular complexity index is 457. The Morgan fingerprint density at radius 2 is 1.85 bits per heavy atom. The number of hydrogen-bond donors (Lipinski definition) is 3. The number of morpholine rings is 1. The van der Waals surface area contributed by atoms with Crippen LogP contribution in [0.25, 0.3) is 0 Å². The van der Waals surface area contributed by atoms with Crippen molar-refractivity contribution in [2.24, 2.45) is 10.9 Å². The number of rotatable bonds is 8. The fourth-order valence-corrected chi connectivity index (χ4v) is 3.96. The fraction of sp³-hybridized carbons (Fsp3) is 0.900. The van der Waals surface area contributed by atoms with Crippen LogP contribution in [0.3, 0.4) is 0 Å². The van der Waals surface area contributed by atoms with Crippen LogP contribution in [0.5, 0.6) is 0 Å². The number of ether oxygens (including phenoxy) is 1. The van der Waals surface area contributed by atoms with E-state index in [0.717, 1.165) is 51.6 Å². The van der Waals surface area contributed by atoms with Crippen LogP contribution < -0.4 is 16.0 Å². The minimum atomic E-state index is 0.137. The summed E-state index contributed by atoms with van der Waals surface area (Å²) in [5.41, 5.74) is 0. The van der Waals surface area contributed by atoms with Gasteiger partial charge in [-0.2, -0.15) is 0 Å². The van der Waals surface area contributed by atoms with E-state index in [1.54, 1.807) is 7.05 Å². The highest BCUT2D eigenvalue weighted by Crippen LogP contribution is 2.17. The van der Waals surface area contributed by atoms with Crippen molar-refractivity contribution in [1.29, 1.82) is 0 Å². The second-order valence-corrected chi connectivity index (χ2v) is 7.99. The molecule has 27 heavy (non-hydrogen) atoms. The second-order valence-electron chi connectivity index (χ2n) is 7.99. The third-order valence-corrected chi connectivity index (χ3v) is 5.60. The predicted octanol–water partition coefficient (Wildman–Crippen LogP) is 1.35. The van der Waals surface area contributed by atoms with E-state index in [0.29, 0.717) is 31.0 Å². The number of hydrogen-bond acceptors (Lipinski definition) is 4. The van der Waals surface area contributed by atoms with E-state index in [1.807, 2.05) is 0 Å². The van der Waals surface area contributed by atoms with Crippen LogP contribution in [-0.2, 0) is 9.53 Å². The van der Waals surface area contributed by atoms with Crippen LogP contribution in [0, 0.1) is 5.92 Å². The van der Waals surface area contributed by atoms with Gasteiger partial charge in [-0.1, -0.05) is 33.1 Å². The van der Waals surface area contributed by atoms with Crippen molar-refractivity contribution < 1.29 is 9.53 Å². The zero-order valence-corrected chi connectivity index (χ0v) is 17.4. The normalized spacial score (nSPS) is 21.1. The molecule has 1 unspecified atom stereocenters. The zero-order chi connectivity index (χ0) is 19.5. The van der Waals surface area contributed by atoms with Crippen LogP contribution >= 0.6 is 0 Å². The summed E-state index contributed by atoms with van der Waals surface area (Å²) in [7, 11) is 1.77. The summed E-state index contributed by atoms with van der Waals surface area (Å²) in [5, 5.41) is 9.86. The van der Waals surface area contributed by atoms with Crippen LogP contribution in [0.4, 0.5) is 0 Å². The molecule has 0 aromatic heterocycles. The van der Waals surface area contributed by atoms with E-state index in [4.69, 9.17) is 4.74 Å². The van der Waals surface area contributed by atoms with E-state index in [1.165, 1.54) is 19.3 Å². The van der Waals surface area contributed by atoms with Gasteiger partial charge in [0.25, 0.3) is 0 Å². The van der Waals surface area contributed by atoms with Gasteiger partial charge in [-0.15, -0.1) is 0 Å². The highest BCUT2D eigenvalue weighted by atomic mass is 16.5. The average Bonchev–Trinajstić information content (AvgIpc) is 2.68. The number of carbonyl (C=O) groups is 1. The third-order valence-electron chi connectivity index (χ3n) is 5.60. The van der Waals surface area contributed by atoms with Gasteiger partial charge in [0.05, 0.1) is 13.2 Å². The molecule has 0 aromatic rings. The standard InChI is InChI=1S/C20H39N5O2/c1-16(2)18(25-11-13-27-14-12-25)15-23-20(21-3)22-10-9-19(26)24-17-7-5-4-6-8-17/h16-18H,4-15H2,1-3H3,(H,24,26)(H2,21,22,23). The summed E-state index contributed by atoms with van der Waals surface area (Å²) in [6.07, 6.45) is 6.51. The Kier molecular flexibility index (Phi) is 9.91. The Labute approximate surface area is 164 Å². The van der Waals surface area contributed by atoms with E-state index < -0.39 is 0 Å². The van der Waals surface area contributed by atoms with Gasteiger partial charge in [0.15, 0.2) is 5.96 Å². The van der Waals surface area contributed by atoms with Crippen molar-refractivity contribution in [3.8, 4) is 0 Å². The molecule has 0 aromatic carbocycles. The fourth-order valence-electron chi connectivity index (χ4n) is 3.96. The molecular formula is C20H39N5O2. The predicted molar refractivity (Wildman–Crippen MR) is 110 cm³/mol. The molecule has 1 heterocycles. The summed E-state index contributed by atoms with van der Waals surface area (Å²) in [6, 6.07) is 0.825. The summed E-state index contributed by atoms with van der Waals surface area (Å²) < 4.78 is 5.47. The van der Waals surface area contributed by atoms with Crippen molar-refractivity contribution in [1.82, 2.24) is 20.9 Å². The summed E-state index contributed by atoms with van der Waals surface area (Å²) in [6.45, 7) is 9.54. The van der Waals surface area contributed by atoms with Crippen molar-refractivity contribution in [3.05, 3.63) is 0 Å². The van der Waals surface area contributed by atoms with Crippen LogP contribution in [0.1, 0.15) is 52.4 Å². The smallest absolute Gasteiger partial charge is 0.221 e. The quantitative estimate of drug-likeness (QED) is 0.437. The molecule has 1 aliphatic heterocycles. The highest BCUT2D eigenvalue weighted by molar-refractivity contribution is 5.81. The summed E-state index contributed by atoms with van der Waals surface area (Å²) in [5.74, 6) is 1.45. The van der Waals surface area contributed by atoms with Crippen LogP contribution in [0.15, 0.2) is 4.99 Å². The topological polar surface area (TPSA) is 78.0 Å². The first kappa shape index (κ1) is 22.0. The molecule has 2 fully saturated rings. The van der Waals surface area contributed by atoms with Gasteiger partial charge in [-0.3, -0.25) is 14.7 Å². The maximum Gasteiger partial charge on any atom is 0.221 e. The minimum absolute atomic E-state index is 0.137. The molecule has 0 spiro atoms. The van der Waals surface area contributed by atoms with Crippen molar-refractivity contribution in [3.63, 3.8) is 0 Å². The minimum Gasteiger partial charge on any atom is -0.379 e. The summed E-state index contributed by atoms with van der Waals surface area (Å²) >= 11 is 0. The van der Waals surface area contributed by atoms with Gasteiger partial charge in [0.2, 0.25) is 5.91 Å². The first-order valence-electron chi connectivity index (χ1n) is 10.7. The number of nitrogens with one attached hydrogen (secondary N) is 3. The van der Waals surface area contributed by atoms with Gasteiger partial charge in [0, 0.05) is 51.7 Å². The van der Waals surface area contributed by atoms with E-state index in [-0.39, 0.29) is 5.91 Å². The molecule has 2 rings (SSSR count). The van der Waals surface area contributed by atoms with E-state index in [9.17, 15) is 4.79 Å². The molecule has 7 nitrogen and oxygen atoms in total. The lowest BCUT2D eigenvalue weighted by Gasteiger charge is -2.37. The van der Waals surface area contributed by atoms with Crippen LogP contribution in [0.2, 0.25) is 0 Å². The number of nitrogens with zero attached hydrogens (tertiary/aromatic N) is 2. The zero-order valence-electron chi connectivity index (χ0n) is 17.4. The first-order chi connectivity index (χ1) is 13.1. The van der Waals surface area contributed by atoms with E-state index >= 15 is 0 Å². The Hall–Kier alpha value is -1.34. The molecule has 1 aliphatic carbocycles. The maximum absolute atomic E-state index is 12.1. The Morgan fingerprint density at radius 3 is 2.48 bits per heavy atom. The lowest BCUT2D eigenvalue weighted by atomic mass is 9.95. The third kappa shape index (κ3) is 8.05. The highest BCUT2D eigenvalue weighted by Gasteiger charge is 2.24. The largest absolute Gasteiger partial charge is 0.379 e. The number of guanidine groups is 1. The molecule has 0 bridgehead atoms. The van der Waals surface area contributed by atoms with Crippen molar-refractivity contribution in [2.45, 2.75) is 64.5 Å². The van der Waals surface area contributed by atoms with Gasteiger partial charge in [0.1, 0.15) is 0 Å². The second kappa shape index (κ2) is 12.2. The van der Waals surface area contributed by atoms with Gasteiger partial charge < -0.3 is 20.7 Å². The molecule has 2 aliphatic rings. The Morgan fingerprint density at radius 1 is 1.15 bits per heavy atom. The molecular weight excluding hydrogens is 342 g/mol.